The number of rotatable bonds is 18. The molecule has 2 aromatic carbocycles. The molecule has 0 unspecified atom stereocenters. The van der Waals surface area contributed by atoms with Crippen molar-refractivity contribution in [3.05, 3.63) is 96.6 Å². The summed E-state index contributed by atoms with van der Waals surface area (Å²) in [7, 11) is -5.32. The zero-order valence-electron chi connectivity index (χ0n) is 40.3. The first-order valence-corrected chi connectivity index (χ1v) is 28.7. The van der Waals surface area contributed by atoms with E-state index in [9.17, 15) is 14.7 Å². The topological polar surface area (TPSA) is 137 Å². The monoisotopic (exact) mass is 922 g/mol. The molecule has 0 radical (unpaired) electrons. The van der Waals surface area contributed by atoms with Crippen LogP contribution in [0.5, 0.6) is 0 Å². The largest absolute Gasteiger partial charge is 0.452 e. The SMILES string of the molecule is C=CC[C@H](CCC)O[C@@H]1O[C@H](C)[C@@H]2OC(C)(C)O[C@@H]2[C@H]1O[C@@H]1O[C@H](CO)[C@@H](OC(=O)/C=C(/c2ccccc2)[Si](C)(C)c2ccccc2)[C@H](OC(=O)/C(C)=C/C)[C@H]1O[Si](C)(C)C(C)(C)C. The van der Waals surface area contributed by atoms with Crippen molar-refractivity contribution in [2.45, 2.75) is 186 Å². The Hall–Kier alpha value is -3.29. The highest BCUT2D eigenvalue weighted by Gasteiger charge is 2.60. The number of aliphatic hydroxyl groups excluding tert-OH is 1. The van der Waals surface area contributed by atoms with E-state index >= 15 is 0 Å². The second kappa shape index (κ2) is 21.6. The fourth-order valence-electron chi connectivity index (χ4n) is 8.23. The van der Waals surface area contributed by atoms with Crippen LogP contribution in [0.25, 0.3) is 5.20 Å². The first-order chi connectivity index (χ1) is 30.1. The van der Waals surface area contributed by atoms with Crippen molar-refractivity contribution >= 4 is 38.7 Å². The van der Waals surface area contributed by atoms with Crippen LogP contribution in [0.3, 0.4) is 0 Å². The molecule has 3 saturated heterocycles. The van der Waals surface area contributed by atoms with E-state index < -0.39 is 102 Å². The summed E-state index contributed by atoms with van der Waals surface area (Å²) in [5.74, 6) is -2.31. The average molecular weight is 923 g/mol. The number of fused-ring (bicyclic) bond motifs is 1. The number of hydrogen-bond donors (Lipinski definition) is 1. The zero-order chi connectivity index (χ0) is 47.2. The maximum absolute atomic E-state index is 14.6. The Morgan fingerprint density at radius 2 is 1.52 bits per heavy atom. The van der Waals surface area contributed by atoms with Gasteiger partial charge in [0.1, 0.15) is 38.6 Å². The van der Waals surface area contributed by atoms with Crippen LogP contribution >= 0.6 is 0 Å². The molecule has 2 aromatic rings. The lowest BCUT2D eigenvalue weighted by atomic mass is 9.97. The maximum atomic E-state index is 14.6. The summed E-state index contributed by atoms with van der Waals surface area (Å²) < 4.78 is 60.0. The Labute approximate surface area is 383 Å². The van der Waals surface area contributed by atoms with Crippen LogP contribution in [0.15, 0.2) is 91.0 Å². The molecular weight excluding hydrogens is 849 g/mol. The number of aliphatic hydroxyl groups is 1. The van der Waals surface area contributed by atoms with Gasteiger partial charge >= 0.3 is 11.9 Å². The molecule has 3 aliphatic heterocycles. The van der Waals surface area contributed by atoms with Crippen LogP contribution in [-0.2, 0) is 51.9 Å². The minimum Gasteiger partial charge on any atom is -0.452 e. The van der Waals surface area contributed by atoms with Crippen molar-refractivity contribution in [3.63, 3.8) is 0 Å². The van der Waals surface area contributed by atoms with Gasteiger partial charge in [-0.05, 0) is 76.4 Å². The van der Waals surface area contributed by atoms with Crippen LogP contribution in [0.1, 0.15) is 87.1 Å². The molecule has 0 aromatic heterocycles. The normalized spacial score (nSPS) is 29.4. The number of carbonyl (C=O) groups excluding carboxylic acids is 2. The number of allylic oxidation sites excluding steroid dienone is 1. The fraction of sp³-hybridized carbons (Fsp3) is 0.600. The summed E-state index contributed by atoms with van der Waals surface area (Å²) in [6.45, 7) is 29.2. The molecule has 5 rings (SSSR count). The van der Waals surface area contributed by atoms with Gasteiger partial charge in [-0.3, -0.25) is 0 Å². The van der Waals surface area contributed by atoms with E-state index in [1.54, 1.807) is 19.9 Å². The molecule has 3 aliphatic rings. The van der Waals surface area contributed by atoms with E-state index in [2.05, 4.69) is 72.6 Å². The van der Waals surface area contributed by atoms with E-state index in [4.69, 9.17) is 42.3 Å². The molecule has 3 heterocycles. The van der Waals surface area contributed by atoms with Crippen LogP contribution < -0.4 is 5.19 Å². The lowest BCUT2D eigenvalue weighted by Crippen LogP contribution is -2.67. The molecule has 12 nitrogen and oxygen atoms in total. The Morgan fingerprint density at radius 3 is 2.09 bits per heavy atom. The van der Waals surface area contributed by atoms with Crippen molar-refractivity contribution in [1.29, 1.82) is 0 Å². The summed E-state index contributed by atoms with van der Waals surface area (Å²) in [4.78, 5) is 28.5. The van der Waals surface area contributed by atoms with Crippen LogP contribution in [0, 0.1) is 0 Å². The minimum absolute atomic E-state index is 0.237. The number of benzene rings is 2. The van der Waals surface area contributed by atoms with Gasteiger partial charge in [-0.25, -0.2) is 9.59 Å². The molecule has 14 heteroatoms. The second-order valence-electron chi connectivity index (χ2n) is 19.7. The van der Waals surface area contributed by atoms with Gasteiger partial charge in [0.2, 0.25) is 0 Å². The molecular formula is C50H74O12Si2. The fourth-order valence-corrected chi connectivity index (χ4v) is 12.2. The molecule has 0 spiro atoms. The first-order valence-electron chi connectivity index (χ1n) is 22.8. The highest BCUT2D eigenvalue weighted by atomic mass is 28.4. The van der Waals surface area contributed by atoms with E-state index in [1.165, 1.54) is 6.08 Å². The quantitative estimate of drug-likeness (QED) is 0.0664. The highest BCUT2D eigenvalue weighted by molar-refractivity contribution is 7.04. The van der Waals surface area contributed by atoms with Crippen LogP contribution in [0.2, 0.25) is 31.2 Å². The van der Waals surface area contributed by atoms with Crippen LogP contribution in [-0.4, -0.2) is 113 Å². The van der Waals surface area contributed by atoms with Gasteiger partial charge in [0, 0.05) is 11.6 Å². The van der Waals surface area contributed by atoms with Crippen molar-refractivity contribution in [1.82, 2.24) is 0 Å². The van der Waals surface area contributed by atoms with Gasteiger partial charge in [0.25, 0.3) is 0 Å². The van der Waals surface area contributed by atoms with Crippen molar-refractivity contribution in [3.8, 4) is 0 Å². The van der Waals surface area contributed by atoms with E-state index in [0.717, 1.165) is 28.8 Å². The summed E-state index contributed by atoms with van der Waals surface area (Å²) >= 11 is 0. The summed E-state index contributed by atoms with van der Waals surface area (Å²) in [5.41, 5.74) is 1.21. The molecule has 354 valence electrons. The third-order valence-corrected chi connectivity index (χ3v) is 21.0. The molecule has 64 heavy (non-hydrogen) atoms. The molecule has 0 saturated carbocycles. The maximum Gasteiger partial charge on any atom is 0.333 e. The molecule has 0 aliphatic carbocycles. The van der Waals surface area contributed by atoms with E-state index in [1.807, 2.05) is 75.4 Å². The zero-order valence-corrected chi connectivity index (χ0v) is 42.3. The Balaban J connectivity index is 1.63. The number of esters is 2. The van der Waals surface area contributed by atoms with Gasteiger partial charge in [-0.1, -0.05) is 125 Å². The molecule has 11 atom stereocenters. The van der Waals surface area contributed by atoms with Gasteiger partial charge in [0.05, 0.1) is 18.8 Å². The number of carbonyl (C=O) groups is 2. The molecule has 0 bridgehead atoms. The van der Waals surface area contributed by atoms with Gasteiger partial charge in [-0.15, -0.1) is 6.58 Å². The lowest BCUT2D eigenvalue weighted by Gasteiger charge is -2.50. The third-order valence-electron chi connectivity index (χ3n) is 13.0. The number of hydrogen-bond acceptors (Lipinski definition) is 12. The third kappa shape index (κ3) is 12.2. The standard InChI is InChI=1S/C50H74O12Si2/c1-15-24-35(25-16-2)55-47-44(43-40(33(5)54-47)60-50(9,10)61-43)59-48-45(62-64(13,14)49(6,7)8)42(58-46(53)32(4)17-3)41(37(31-51)56-48)57-39(52)30-38(34-26-20-18-21-27-34)63(11,12)36-28-22-19-23-29-36/h15,17-23,26-30,33,35,37,40-45,47-48,51H,1,16,24-25,31H2,2-14H3/b32-17+,38-30-/t33-,35-,37-,40+,41-,42+,43+,44-,45-,47+,48+/m1/s1. The second-order valence-corrected chi connectivity index (χ2v) is 28.8. The Kier molecular flexibility index (Phi) is 17.4. The van der Waals surface area contributed by atoms with E-state index in [0.29, 0.717) is 12.0 Å². The molecule has 3 fully saturated rings. The lowest BCUT2D eigenvalue weighted by molar-refractivity contribution is -0.360. The van der Waals surface area contributed by atoms with Gasteiger partial charge in [0.15, 0.2) is 38.9 Å². The van der Waals surface area contributed by atoms with Crippen molar-refractivity contribution in [2.24, 2.45) is 0 Å². The smallest absolute Gasteiger partial charge is 0.333 e. The Morgan fingerprint density at radius 1 is 0.891 bits per heavy atom. The summed E-state index contributed by atoms with van der Waals surface area (Å²) in [6.07, 6.45) is -2.94. The van der Waals surface area contributed by atoms with E-state index in [-0.39, 0.29) is 11.1 Å². The average Bonchev–Trinajstić information content (AvgIpc) is 3.58. The Bertz CT molecular complexity index is 1930. The predicted molar refractivity (Wildman–Crippen MR) is 253 cm³/mol. The molecule has 1 N–H and O–H groups in total. The predicted octanol–water partition coefficient (Wildman–Crippen LogP) is 8.53. The number of ether oxygens (including phenoxy) is 8. The molecule has 0 amide bonds. The van der Waals surface area contributed by atoms with Crippen molar-refractivity contribution in [2.75, 3.05) is 6.61 Å². The van der Waals surface area contributed by atoms with Gasteiger partial charge in [-0.2, -0.15) is 0 Å². The van der Waals surface area contributed by atoms with Crippen LogP contribution in [0.4, 0.5) is 0 Å². The van der Waals surface area contributed by atoms with Gasteiger partial charge < -0.3 is 47.4 Å². The minimum atomic E-state index is -2.79. The highest BCUT2D eigenvalue weighted by Crippen LogP contribution is 2.44. The summed E-state index contributed by atoms with van der Waals surface area (Å²) in [6, 6.07) is 19.9. The van der Waals surface area contributed by atoms with Crippen molar-refractivity contribution < 1.29 is 57.0 Å². The summed E-state index contributed by atoms with van der Waals surface area (Å²) in [5, 5.41) is 12.8. The first kappa shape index (κ1) is 51.7.